The molecule has 0 spiro atoms. The van der Waals surface area contributed by atoms with E-state index in [1.165, 1.54) is 23.1 Å². The highest BCUT2D eigenvalue weighted by atomic mass is 28.4. The lowest BCUT2D eigenvalue weighted by Gasteiger charge is -2.42. The first-order chi connectivity index (χ1) is 15.0. The summed E-state index contributed by atoms with van der Waals surface area (Å²) < 4.78 is 24.8. The van der Waals surface area contributed by atoms with E-state index >= 15 is 0 Å². The second-order valence-electron chi connectivity index (χ2n) is 11.3. The van der Waals surface area contributed by atoms with Gasteiger partial charge in [-0.3, -0.25) is 0 Å². The minimum Gasteiger partial charge on any atom is -0.497 e. The van der Waals surface area contributed by atoms with Gasteiger partial charge in [-0.15, -0.1) is 0 Å². The van der Waals surface area contributed by atoms with Gasteiger partial charge in [0.2, 0.25) is 0 Å². The molecule has 180 valence electrons. The highest BCUT2D eigenvalue weighted by Gasteiger charge is 2.46. The molecule has 1 heterocycles. The van der Waals surface area contributed by atoms with Gasteiger partial charge < -0.3 is 18.6 Å². The van der Waals surface area contributed by atoms with Crippen molar-refractivity contribution in [1.82, 2.24) is 0 Å². The Morgan fingerprint density at radius 2 is 1.75 bits per heavy atom. The summed E-state index contributed by atoms with van der Waals surface area (Å²) in [5, 5.41) is 0.209. The Balaban J connectivity index is 1.58. The van der Waals surface area contributed by atoms with Crippen LogP contribution < -0.4 is 4.74 Å². The van der Waals surface area contributed by atoms with Gasteiger partial charge in [0.1, 0.15) is 5.75 Å². The van der Waals surface area contributed by atoms with Gasteiger partial charge in [-0.25, -0.2) is 0 Å². The summed E-state index contributed by atoms with van der Waals surface area (Å²) >= 11 is 0. The molecule has 0 bridgehead atoms. The first kappa shape index (κ1) is 25.5. The summed E-state index contributed by atoms with van der Waals surface area (Å²) in [5.74, 6) is 1.33. The van der Waals surface area contributed by atoms with E-state index in [0.717, 1.165) is 25.0 Å². The van der Waals surface area contributed by atoms with Crippen LogP contribution in [-0.4, -0.2) is 40.3 Å². The van der Waals surface area contributed by atoms with Gasteiger partial charge in [0.25, 0.3) is 0 Å². The van der Waals surface area contributed by atoms with Crippen LogP contribution in [0.1, 0.15) is 65.9 Å². The van der Waals surface area contributed by atoms with Crippen LogP contribution in [0.25, 0.3) is 0 Å². The largest absolute Gasteiger partial charge is 0.497 e. The topological polar surface area (TPSA) is 36.9 Å². The molecule has 2 aliphatic rings. The Morgan fingerprint density at radius 1 is 1.06 bits per heavy atom. The monoisotopic (exact) mass is 460 g/mol. The fraction of sp³-hybridized carbons (Fsp3) is 0.704. The van der Waals surface area contributed by atoms with E-state index in [-0.39, 0.29) is 23.4 Å². The molecule has 3 rings (SSSR count). The van der Waals surface area contributed by atoms with E-state index < -0.39 is 8.32 Å². The molecular formula is C27H44O4Si. The Hall–Kier alpha value is -1.14. The van der Waals surface area contributed by atoms with E-state index in [0.29, 0.717) is 19.1 Å². The van der Waals surface area contributed by atoms with E-state index in [9.17, 15) is 0 Å². The van der Waals surface area contributed by atoms with Crippen LogP contribution >= 0.6 is 0 Å². The molecule has 5 heteroatoms. The molecule has 1 aliphatic carbocycles. The van der Waals surface area contributed by atoms with Crippen molar-refractivity contribution < 1.29 is 18.6 Å². The van der Waals surface area contributed by atoms with E-state index in [4.69, 9.17) is 18.6 Å². The highest BCUT2D eigenvalue weighted by molar-refractivity contribution is 6.74. The fourth-order valence-corrected chi connectivity index (χ4v) is 5.90. The minimum absolute atomic E-state index is 0.164. The molecule has 0 aromatic heterocycles. The predicted molar refractivity (Wildman–Crippen MR) is 134 cm³/mol. The molecular weight excluding hydrogens is 416 g/mol. The molecule has 32 heavy (non-hydrogen) atoms. The summed E-state index contributed by atoms with van der Waals surface area (Å²) in [6.07, 6.45) is 5.05. The lowest BCUT2D eigenvalue weighted by atomic mass is 9.91. The van der Waals surface area contributed by atoms with Gasteiger partial charge >= 0.3 is 0 Å². The Kier molecular flexibility index (Phi) is 8.29. The third-order valence-electron chi connectivity index (χ3n) is 7.74. The predicted octanol–water partition coefficient (Wildman–Crippen LogP) is 6.90. The van der Waals surface area contributed by atoms with Crippen molar-refractivity contribution >= 4 is 8.32 Å². The molecule has 0 radical (unpaired) electrons. The van der Waals surface area contributed by atoms with Crippen molar-refractivity contribution in [1.29, 1.82) is 0 Å². The van der Waals surface area contributed by atoms with Crippen LogP contribution in [0.5, 0.6) is 5.75 Å². The van der Waals surface area contributed by atoms with E-state index in [1.807, 2.05) is 12.1 Å². The van der Waals surface area contributed by atoms with Crippen LogP contribution in [0.3, 0.4) is 0 Å². The van der Waals surface area contributed by atoms with Crippen molar-refractivity contribution in [3.8, 4) is 5.75 Å². The first-order valence-electron chi connectivity index (χ1n) is 12.2. The zero-order valence-corrected chi connectivity index (χ0v) is 22.5. The van der Waals surface area contributed by atoms with Crippen molar-refractivity contribution in [3.63, 3.8) is 0 Å². The number of rotatable bonds is 7. The zero-order chi connectivity index (χ0) is 23.5. The second-order valence-corrected chi connectivity index (χ2v) is 16.0. The molecule has 4 atom stereocenters. The number of benzene rings is 1. The van der Waals surface area contributed by atoms with E-state index in [1.54, 1.807) is 7.11 Å². The molecule has 1 aromatic carbocycles. The Labute approximate surface area is 196 Å². The van der Waals surface area contributed by atoms with Crippen molar-refractivity contribution in [2.24, 2.45) is 5.92 Å². The van der Waals surface area contributed by atoms with Crippen molar-refractivity contribution in [2.45, 2.75) is 103 Å². The Morgan fingerprint density at radius 3 is 2.28 bits per heavy atom. The van der Waals surface area contributed by atoms with Crippen molar-refractivity contribution in [2.75, 3.05) is 13.7 Å². The molecule has 1 aromatic rings. The van der Waals surface area contributed by atoms with Crippen LogP contribution in [0.4, 0.5) is 0 Å². The average molecular weight is 461 g/mol. The lowest BCUT2D eigenvalue weighted by Crippen LogP contribution is -2.48. The summed E-state index contributed by atoms with van der Waals surface area (Å²) in [5.41, 5.74) is 4.11. The van der Waals surface area contributed by atoms with Crippen molar-refractivity contribution in [3.05, 3.63) is 41.0 Å². The third kappa shape index (κ3) is 6.05. The number of hydrogen-bond acceptors (Lipinski definition) is 4. The zero-order valence-electron chi connectivity index (χ0n) is 21.5. The van der Waals surface area contributed by atoms with Gasteiger partial charge in [-0.05, 0) is 80.9 Å². The molecule has 1 aliphatic heterocycles. The maximum Gasteiger partial charge on any atom is 0.192 e. The summed E-state index contributed by atoms with van der Waals surface area (Å²) in [6, 6.07) is 8.09. The minimum atomic E-state index is -1.86. The Bertz CT molecular complexity index is 766. The van der Waals surface area contributed by atoms with Gasteiger partial charge in [0.15, 0.2) is 8.32 Å². The number of methoxy groups -OCH3 is 1. The molecule has 0 N–H and O–H groups in total. The van der Waals surface area contributed by atoms with Crippen LogP contribution in [0.2, 0.25) is 18.1 Å². The molecule has 1 saturated carbocycles. The SMILES string of the molecule is COc1ccc(CO[C@H]2CC[C@H]([C@H]3CCC(=C(C)C)[C@@H]3O[Si](C)(C)C(C)(C)C)OC2)cc1. The molecule has 0 unspecified atom stereocenters. The maximum absolute atomic E-state index is 7.01. The summed E-state index contributed by atoms with van der Waals surface area (Å²) in [7, 11) is -0.168. The van der Waals surface area contributed by atoms with Crippen LogP contribution in [0, 0.1) is 5.92 Å². The number of allylic oxidation sites excluding steroid dienone is 1. The van der Waals surface area contributed by atoms with Crippen LogP contribution in [0.15, 0.2) is 35.4 Å². The summed E-state index contributed by atoms with van der Waals surface area (Å²) in [6.45, 7) is 17.5. The molecule has 1 saturated heterocycles. The maximum atomic E-state index is 7.01. The average Bonchev–Trinajstić information content (AvgIpc) is 3.15. The quantitative estimate of drug-likeness (QED) is 0.328. The normalized spacial score (nSPS) is 26.9. The van der Waals surface area contributed by atoms with Gasteiger partial charge in [0.05, 0.1) is 38.6 Å². The van der Waals surface area contributed by atoms with Gasteiger partial charge in [-0.1, -0.05) is 38.5 Å². The van der Waals surface area contributed by atoms with Gasteiger partial charge in [-0.2, -0.15) is 0 Å². The molecule has 2 fully saturated rings. The lowest BCUT2D eigenvalue weighted by molar-refractivity contribution is -0.115. The molecule has 4 nitrogen and oxygen atoms in total. The van der Waals surface area contributed by atoms with E-state index in [2.05, 4.69) is 59.8 Å². The molecule has 0 amide bonds. The van der Waals surface area contributed by atoms with Gasteiger partial charge in [0, 0.05) is 5.92 Å². The van der Waals surface area contributed by atoms with Crippen LogP contribution in [-0.2, 0) is 20.5 Å². The number of hydrogen-bond donors (Lipinski definition) is 0. The third-order valence-corrected chi connectivity index (χ3v) is 12.2. The summed E-state index contributed by atoms with van der Waals surface area (Å²) in [4.78, 5) is 0. The second kappa shape index (κ2) is 10.4. The standard InChI is InChI=1S/C27H44O4Si/c1-19(2)23-14-15-24(26(23)31-32(7,8)27(3,4)5)25-16-13-22(18-30-25)29-17-20-9-11-21(28-6)12-10-20/h9-12,22,24-26H,13-18H2,1-8H3/t22-,24+,25+,26-/m0/s1. The fourth-order valence-electron chi connectivity index (χ4n) is 4.60. The first-order valence-corrected chi connectivity index (χ1v) is 15.1. The highest BCUT2D eigenvalue weighted by Crippen LogP contribution is 2.45. The number of ether oxygens (including phenoxy) is 3. The smallest absolute Gasteiger partial charge is 0.192 e.